The second kappa shape index (κ2) is 18.3. The van der Waals surface area contributed by atoms with Gasteiger partial charge in [-0.15, -0.1) is 0 Å². The number of fused-ring (bicyclic) bond motifs is 3. The maximum absolute atomic E-state index is 15.6. The molecule has 5 heterocycles. The highest BCUT2D eigenvalue weighted by Crippen LogP contribution is 2.36. The van der Waals surface area contributed by atoms with E-state index in [0.717, 1.165) is 41.1 Å². The van der Waals surface area contributed by atoms with Crippen molar-refractivity contribution in [1.82, 2.24) is 40.4 Å². The molecule has 3 aliphatic rings. The van der Waals surface area contributed by atoms with Crippen LogP contribution >= 0.6 is 0 Å². The fourth-order valence-electron chi connectivity index (χ4n) is 8.94. The van der Waals surface area contributed by atoms with Crippen molar-refractivity contribution in [3.63, 3.8) is 0 Å². The fraction of sp³-hybridized carbons (Fsp3) is 0.435. The zero-order valence-electron chi connectivity index (χ0n) is 35.3. The van der Waals surface area contributed by atoms with E-state index in [-0.39, 0.29) is 41.3 Å². The zero-order chi connectivity index (χ0) is 43.5. The highest BCUT2D eigenvalue weighted by atomic mass is 19.1. The lowest BCUT2D eigenvalue weighted by Gasteiger charge is -2.34. The quantitative estimate of drug-likeness (QED) is 0.120. The molecule has 324 valence electrons. The number of carbonyl (C=O) groups excluding carboxylic acids is 4. The Labute approximate surface area is 358 Å². The summed E-state index contributed by atoms with van der Waals surface area (Å²) in [5.74, 6) is 6.34. The number of likely N-dealkylation sites (tertiary alicyclic amines) is 2. The van der Waals surface area contributed by atoms with Gasteiger partial charge in [0.2, 0.25) is 11.8 Å². The number of ether oxygens (including phenoxy) is 3. The summed E-state index contributed by atoms with van der Waals surface area (Å²) in [5.41, 5.74) is 3.75. The number of hydrogen-bond acceptors (Lipinski definition) is 9. The Hall–Kier alpha value is -6.47. The molecule has 0 spiro atoms. The topological polar surface area (TPSA) is 184 Å². The van der Waals surface area contributed by atoms with Crippen LogP contribution in [0.15, 0.2) is 54.7 Å². The minimum atomic E-state index is -0.740. The Balaban J connectivity index is 0.961. The summed E-state index contributed by atoms with van der Waals surface area (Å²) in [7, 11) is 2.56. The summed E-state index contributed by atoms with van der Waals surface area (Å²) in [6.45, 7) is 5.90. The molecule has 3 aromatic carbocycles. The van der Waals surface area contributed by atoms with Gasteiger partial charge in [-0.1, -0.05) is 43.9 Å². The van der Waals surface area contributed by atoms with Crippen molar-refractivity contribution in [2.45, 2.75) is 76.5 Å². The maximum atomic E-state index is 15.6. The molecule has 0 radical (unpaired) electrons. The Morgan fingerprint density at radius 2 is 1.55 bits per heavy atom. The van der Waals surface area contributed by atoms with Crippen LogP contribution in [0, 0.1) is 29.5 Å². The van der Waals surface area contributed by atoms with Crippen molar-refractivity contribution in [2.24, 2.45) is 11.8 Å². The van der Waals surface area contributed by atoms with E-state index in [9.17, 15) is 19.2 Å². The number of amides is 4. The average Bonchev–Trinajstić information content (AvgIpc) is 4.13. The predicted molar refractivity (Wildman–Crippen MR) is 228 cm³/mol. The van der Waals surface area contributed by atoms with Gasteiger partial charge in [0.25, 0.3) is 0 Å². The minimum absolute atomic E-state index is 0.0745. The van der Waals surface area contributed by atoms with E-state index in [0.29, 0.717) is 74.0 Å². The molecule has 3 saturated heterocycles. The van der Waals surface area contributed by atoms with Crippen LogP contribution in [0.25, 0.3) is 33.1 Å². The lowest BCUT2D eigenvalue weighted by molar-refractivity contribution is -0.137. The summed E-state index contributed by atoms with van der Waals surface area (Å²) in [5, 5.41) is 7.29. The third-order valence-electron chi connectivity index (χ3n) is 12.3. The van der Waals surface area contributed by atoms with E-state index >= 15 is 4.39 Å². The second-order valence-electron chi connectivity index (χ2n) is 16.4. The number of halogens is 1. The molecule has 4 amide bonds. The van der Waals surface area contributed by atoms with Crippen LogP contribution in [0.5, 0.6) is 0 Å². The third kappa shape index (κ3) is 8.67. The average molecular weight is 847 g/mol. The Kier molecular flexibility index (Phi) is 12.4. The number of benzene rings is 3. The molecule has 4 atom stereocenters. The van der Waals surface area contributed by atoms with Gasteiger partial charge < -0.3 is 44.6 Å². The number of aromatic nitrogens is 4. The van der Waals surface area contributed by atoms with Gasteiger partial charge in [-0.3, -0.25) is 9.59 Å². The molecule has 16 heteroatoms. The molecule has 2 aromatic heterocycles. The van der Waals surface area contributed by atoms with Crippen molar-refractivity contribution >= 4 is 45.8 Å². The molecule has 0 bridgehead atoms. The van der Waals surface area contributed by atoms with E-state index in [2.05, 4.69) is 37.4 Å². The van der Waals surface area contributed by atoms with Crippen molar-refractivity contribution in [3.05, 3.63) is 83.3 Å². The van der Waals surface area contributed by atoms with Gasteiger partial charge in [0.15, 0.2) is 0 Å². The van der Waals surface area contributed by atoms with Crippen LogP contribution in [-0.4, -0.2) is 106 Å². The number of carbonyl (C=O) groups is 4. The van der Waals surface area contributed by atoms with E-state index < -0.39 is 30.1 Å². The second-order valence-corrected chi connectivity index (χ2v) is 16.4. The standard InChI is InChI=1S/C46H51FN8O7/c1-26(2)38(52-45(58)60-3)43(56)55-20-6-8-37(55)42-49-34-16-14-30-23-27(10-15-32(30)40(34)51-42)9-11-28-12-13-31(24-33(28)47)35-25-48-41(50-35)36-7-5-19-54(36)44(57)39(53-46(59)61-4)29-17-21-62-22-18-29/h10,12-16,23-26,29,36-39H,5-8,17-22H2,1-4H3,(H,48,50)(H,49,51)(H,52,58)(H,53,59). The number of nitrogens with one attached hydrogen (secondary N) is 4. The van der Waals surface area contributed by atoms with E-state index in [1.165, 1.54) is 20.3 Å². The number of aromatic amines is 2. The third-order valence-corrected chi connectivity index (χ3v) is 12.3. The van der Waals surface area contributed by atoms with Crippen molar-refractivity contribution in [2.75, 3.05) is 40.5 Å². The van der Waals surface area contributed by atoms with Gasteiger partial charge in [-0.2, -0.15) is 0 Å². The molecule has 15 nitrogen and oxygen atoms in total. The van der Waals surface area contributed by atoms with Crippen LogP contribution in [0.1, 0.15) is 87.2 Å². The van der Waals surface area contributed by atoms with Gasteiger partial charge in [-0.25, -0.2) is 23.9 Å². The molecule has 62 heavy (non-hydrogen) atoms. The number of hydrogen-bond donors (Lipinski definition) is 4. The first-order valence-electron chi connectivity index (χ1n) is 21.2. The number of methoxy groups -OCH3 is 2. The lowest BCUT2D eigenvalue weighted by atomic mass is 9.90. The number of alkyl carbamates (subject to hydrolysis) is 2. The first-order valence-corrected chi connectivity index (χ1v) is 21.2. The summed E-state index contributed by atoms with van der Waals surface area (Å²) in [6.07, 6.45) is 4.68. The van der Waals surface area contributed by atoms with Crippen LogP contribution in [0.3, 0.4) is 0 Å². The highest BCUT2D eigenvalue weighted by molar-refractivity contribution is 6.04. The van der Waals surface area contributed by atoms with Crippen molar-refractivity contribution < 1.29 is 37.8 Å². The molecular formula is C46H51FN8O7. The number of H-pyrrole nitrogens is 2. The summed E-state index contributed by atoms with van der Waals surface area (Å²) < 4.78 is 30.7. The monoisotopic (exact) mass is 846 g/mol. The smallest absolute Gasteiger partial charge is 0.407 e. The van der Waals surface area contributed by atoms with Gasteiger partial charge in [0.05, 0.1) is 54.8 Å². The van der Waals surface area contributed by atoms with Gasteiger partial charge in [0.1, 0.15) is 29.5 Å². The highest BCUT2D eigenvalue weighted by Gasteiger charge is 2.41. The Bertz CT molecular complexity index is 2550. The molecule has 8 rings (SSSR count). The first kappa shape index (κ1) is 42.2. The predicted octanol–water partition coefficient (Wildman–Crippen LogP) is 6.50. The molecular weight excluding hydrogens is 796 g/mol. The minimum Gasteiger partial charge on any atom is -0.453 e. The lowest BCUT2D eigenvalue weighted by Crippen LogP contribution is -2.53. The number of rotatable bonds is 9. The van der Waals surface area contributed by atoms with Crippen LogP contribution in [0.4, 0.5) is 14.0 Å². The summed E-state index contributed by atoms with van der Waals surface area (Å²) >= 11 is 0. The number of imidazole rings is 2. The van der Waals surface area contributed by atoms with Gasteiger partial charge in [0, 0.05) is 42.8 Å². The normalized spacial score (nSPS) is 19.0. The van der Waals surface area contributed by atoms with Crippen LogP contribution < -0.4 is 10.6 Å². The summed E-state index contributed by atoms with van der Waals surface area (Å²) in [6, 6.07) is 12.5. The molecule has 0 aliphatic carbocycles. The Morgan fingerprint density at radius 1 is 0.839 bits per heavy atom. The largest absolute Gasteiger partial charge is 0.453 e. The van der Waals surface area contributed by atoms with Crippen molar-refractivity contribution in [1.29, 1.82) is 0 Å². The van der Waals surface area contributed by atoms with Crippen LogP contribution in [-0.2, 0) is 23.8 Å². The first-order chi connectivity index (χ1) is 30.0. The molecule has 4 N–H and O–H groups in total. The number of nitrogens with zero attached hydrogens (tertiary/aromatic N) is 4. The molecule has 3 fully saturated rings. The van der Waals surface area contributed by atoms with E-state index in [4.69, 9.17) is 19.2 Å². The van der Waals surface area contributed by atoms with E-state index in [1.807, 2.05) is 44.2 Å². The SMILES string of the molecule is COC(=O)NC(C(=O)N1CCCC1c1nc2c(ccc3cc(C#Cc4ccc(-c5cnc(C6CCCN6C(=O)C(NC(=O)OC)C6CCOCC6)[nH]5)cc4F)ccc32)[nH]1)C(C)C. The van der Waals surface area contributed by atoms with Crippen molar-refractivity contribution in [3.8, 4) is 23.1 Å². The fourth-order valence-corrected chi connectivity index (χ4v) is 8.94. The maximum Gasteiger partial charge on any atom is 0.407 e. The zero-order valence-corrected chi connectivity index (χ0v) is 35.3. The molecule has 5 aromatic rings. The Morgan fingerprint density at radius 3 is 2.26 bits per heavy atom. The molecule has 4 unspecified atom stereocenters. The van der Waals surface area contributed by atoms with Gasteiger partial charge in [-0.05, 0) is 86.1 Å². The summed E-state index contributed by atoms with van der Waals surface area (Å²) in [4.78, 5) is 71.8. The molecule has 3 aliphatic heterocycles. The molecule has 0 saturated carbocycles. The van der Waals surface area contributed by atoms with Crippen LogP contribution in [0.2, 0.25) is 0 Å². The van der Waals surface area contributed by atoms with E-state index in [1.54, 1.807) is 28.1 Å². The van der Waals surface area contributed by atoms with Gasteiger partial charge >= 0.3 is 12.2 Å².